The maximum atomic E-state index is 11.9. The summed E-state index contributed by atoms with van der Waals surface area (Å²) < 4.78 is 26.4. The van der Waals surface area contributed by atoms with Crippen molar-refractivity contribution >= 4 is 21.9 Å². The molecule has 0 radical (unpaired) electrons. The van der Waals surface area contributed by atoms with E-state index < -0.39 is 22.1 Å². The average Bonchev–Trinajstić information content (AvgIpc) is 2.85. The Kier molecular flexibility index (Phi) is 4.47. The first-order chi connectivity index (χ1) is 12.3. The molecule has 9 heteroatoms. The van der Waals surface area contributed by atoms with Gasteiger partial charge in [-0.05, 0) is 48.2 Å². The molecule has 0 spiro atoms. The average molecular weight is 376 g/mol. The van der Waals surface area contributed by atoms with Crippen LogP contribution in [0.15, 0.2) is 54.5 Å². The van der Waals surface area contributed by atoms with Gasteiger partial charge in [0.2, 0.25) is 5.88 Å². The summed E-state index contributed by atoms with van der Waals surface area (Å²) in [5.74, 6) is -1.78. The number of nitrogens with one attached hydrogen (secondary N) is 1. The molecule has 0 aliphatic carbocycles. The molecule has 4 N–H and O–H groups in total. The molecule has 136 valence electrons. The molecular formula is C17H16N2O6S. The zero-order valence-corrected chi connectivity index (χ0v) is 14.3. The fraction of sp³-hybridized carbons (Fsp3) is 0.118. The topological polar surface area (TPSA) is 127 Å². The van der Waals surface area contributed by atoms with E-state index in [1.807, 2.05) is 10.8 Å². The number of hydrogen-bond acceptors (Lipinski definition) is 5. The Bertz CT molecular complexity index is 1000. The van der Waals surface area contributed by atoms with Crippen molar-refractivity contribution in [1.29, 1.82) is 0 Å². The van der Waals surface area contributed by atoms with Crippen LogP contribution in [-0.2, 0) is 23.1 Å². The van der Waals surface area contributed by atoms with E-state index in [9.17, 15) is 23.4 Å². The Balaban J connectivity index is 1.76. The number of anilines is 1. The molecule has 1 aliphatic rings. The second-order valence-corrected chi connectivity index (χ2v) is 7.29. The van der Waals surface area contributed by atoms with Crippen LogP contribution in [0.4, 0.5) is 5.69 Å². The predicted octanol–water partition coefficient (Wildman–Crippen LogP) is 1.89. The van der Waals surface area contributed by atoms with E-state index in [0.29, 0.717) is 12.8 Å². The normalized spacial score (nSPS) is 15.4. The Morgan fingerprint density at radius 3 is 2.31 bits per heavy atom. The van der Waals surface area contributed by atoms with Crippen LogP contribution in [-0.4, -0.2) is 29.7 Å². The zero-order valence-electron chi connectivity index (χ0n) is 13.5. The van der Waals surface area contributed by atoms with Crippen molar-refractivity contribution in [2.75, 3.05) is 4.31 Å². The molecule has 0 bridgehead atoms. The number of aromatic hydroxyl groups is 1. The molecule has 0 atom stereocenters. The second-order valence-electron chi connectivity index (χ2n) is 5.75. The van der Waals surface area contributed by atoms with Crippen LogP contribution in [0, 0.1) is 0 Å². The first-order valence-corrected chi connectivity index (χ1v) is 9.07. The number of carboxylic acids is 1. The van der Waals surface area contributed by atoms with Crippen LogP contribution in [0.2, 0.25) is 0 Å². The smallest absolute Gasteiger partial charge is 0.335 e. The number of carboxylic acid groups (broad SMARTS) is 1. The van der Waals surface area contributed by atoms with E-state index in [0.717, 1.165) is 21.6 Å². The minimum atomic E-state index is -3.97. The van der Waals surface area contributed by atoms with Gasteiger partial charge in [0.15, 0.2) is 0 Å². The van der Waals surface area contributed by atoms with Crippen LogP contribution in [0.25, 0.3) is 0 Å². The number of aromatic carboxylic acids is 1. The second kappa shape index (κ2) is 6.60. The van der Waals surface area contributed by atoms with Gasteiger partial charge in [-0.25, -0.2) is 13.8 Å². The van der Waals surface area contributed by atoms with E-state index in [-0.39, 0.29) is 17.0 Å². The van der Waals surface area contributed by atoms with Gasteiger partial charge < -0.3 is 15.3 Å². The van der Waals surface area contributed by atoms with Gasteiger partial charge in [-0.2, -0.15) is 8.42 Å². The van der Waals surface area contributed by atoms with Gasteiger partial charge in [0.1, 0.15) is 11.4 Å². The Morgan fingerprint density at radius 2 is 1.73 bits per heavy atom. The number of phenolic OH excluding ortho intramolecular Hbond substituents is 1. The molecule has 1 aliphatic heterocycles. The SMILES string of the molecule is O=C(O)c1cccc(CCc2ccc(N3C=C(O)NS3(=O)=O)c(O)c2)c1. The van der Waals surface area contributed by atoms with Crippen LogP contribution < -0.4 is 9.03 Å². The van der Waals surface area contributed by atoms with Gasteiger partial charge in [-0.15, -0.1) is 0 Å². The summed E-state index contributed by atoms with van der Waals surface area (Å²) in [6, 6.07) is 11.1. The number of aryl methyl sites for hydroxylation is 2. The molecule has 26 heavy (non-hydrogen) atoms. The Labute approximate surface area is 149 Å². The summed E-state index contributed by atoms with van der Waals surface area (Å²) in [5, 5.41) is 28.5. The fourth-order valence-corrected chi connectivity index (χ4v) is 3.71. The maximum absolute atomic E-state index is 11.9. The molecule has 0 saturated carbocycles. The van der Waals surface area contributed by atoms with E-state index in [1.54, 1.807) is 18.2 Å². The zero-order chi connectivity index (χ0) is 18.9. The molecule has 2 aromatic rings. The van der Waals surface area contributed by atoms with Gasteiger partial charge in [0, 0.05) is 0 Å². The summed E-state index contributed by atoms with van der Waals surface area (Å²) in [4.78, 5) is 11.0. The van der Waals surface area contributed by atoms with Crippen molar-refractivity contribution in [3.05, 3.63) is 71.2 Å². The largest absolute Gasteiger partial charge is 0.506 e. The van der Waals surface area contributed by atoms with Crippen molar-refractivity contribution < 1.29 is 28.5 Å². The van der Waals surface area contributed by atoms with E-state index in [4.69, 9.17) is 5.11 Å². The molecule has 8 nitrogen and oxygen atoms in total. The number of phenols is 1. The minimum absolute atomic E-state index is 0.0122. The molecule has 0 unspecified atom stereocenters. The first-order valence-electron chi connectivity index (χ1n) is 7.63. The van der Waals surface area contributed by atoms with Crippen molar-refractivity contribution in [1.82, 2.24) is 4.72 Å². The lowest BCUT2D eigenvalue weighted by Crippen LogP contribution is -2.29. The van der Waals surface area contributed by atoms with Gasteiger partial charge in [-0.3, -0.25) is 0 Å². The van der Waals surface area contributed by atoms with Crippen molar-refractivity contribution in [2.45, 2.75) is 12.8 Å². The number of carbonyl (C=O) groups is 1. The number of hydrogen-bond donors (Lipinski definition) is 4. The first kappa shape index (κ1) is 17.6. The van der Waals surface area contributed by atoms with Gasteiger partial charge in [0.05, 0.1) is 11.8 Å². The standard InChI is InChI=1S/C17H16N2O6S/c20-15-9-12(5-4-11-2-1-3-13(8-11)17(22)23)6-7-14(15)19-10-16(21)18-26(19,24)25/h1-3,6-10,18,20-21H,4-5H2,(H,22,23). The highest BCUT2D eigenvalue weighted by molar-refractivity contribution is 7.91. The molecule has 0 amide bonds. The monoisotopic (exact) mass is 376 g/mol. The summed E-state index contributed by atoms with van der Waals surface area (Å²) in [6.45, 7) is 0. The summed E-state index contributed by atoms with van der Waals surface area (Å²) >= 11 is 0. The lowest BCUT2D eigenvalue weighted by Gasteiger charge is -2.16. The third-order valence-corrected chi connectivity index (χ3v) is 5.17. The van der Waals surface area contributed by atoms with E-state index >= 15 is 0 Å². The molecule has 0 saturated heterocycles. The Morgan fingerprint density at radius 1 is 1.04 bits per heavy atom. The number of aliphatic hydroxyl groups excluding tert-OH is 1. The molecule has 0 fully saturated rings. The van der Waals surface area contributed by atoms with Crippen molar-refractivity contribution in [3.8, 4) is 5.75 Å². The van der Waals surface area contributed by atoms with E-state index in [1.165, 1.54) is 18.2 Å². The summed E-state index contributed by atoms with van der Waals surface area (Å²) in [6.07, 6.45) is 2.05. The molecular weight excluding hydrogens is 360 g/mol. The number of rotatable bonds is 5. The highest BCUT2D eigenvalue weighted by atomic mass is 32.2. The van der Waals surface area contributed by atoms with Crippen molar-refractivity contribution in [3.63, 3.8) is 0 Å². The van der Waals surface area contributed by atoms with Crippen LogP contribution >= 0.6 is 0 Å². The number of aliphatic hydroxyl groups is 1. The minimum Gasteiger partial charge on any atom is -0.506 e. The fourth-order valence-electron chi connectivity index (χ4n) is 2.65. The molecule has 3 rings (SSSR count). The van der Waals surface area contributed by atoms with Crippen LogP contribution in [0.5, 0.6) is 5.75 Å². The quantitative estimate of drug-likeness (QED) is 0.631. The van der Waals surface area contributed by atoms with E-state index in [2.05, 4.69) is 0 Å². The maximum Gasteiger partial charge on any atom is 0.335 e. The molecule has 1 heterocycles. The van der Waals surface area contributed by atoms with Crippen LogP contribution in [0.3, 0.4) is 0 Å². The van der Waals surface area contributed by atoms with Crippen molar-refractivity contribution in [2.24, 2.45) is 0 Å². The third-order valence-electron chi connectivity index (χ3n) is 3.89. The van der Waals surface area contributed by atoms with Gasteiger partial charge in [-0.1, -0.05) is 18.2 Å². The highest BCUT2D eigenvalue weighted by Crippen LogP contribution is 2.32. The summed E-state index contributed by atoms with van der Waals surface area (Å²) in [7, 11) is -3.97. The van der Waals surface area contributed by atoms with Gasteiger partial charge >= 0.3 is 16.2 Å². The summed E-state index contributed by atoms with van der Waals surface area (Å²) in [5.41, 5.74) is 1.81. The molecule has 0 aromatic heterocycles. The van der Waals surface area contributed by atoms with Gasteiger partial charge in [0.25, 0.3) is 0 Å². The lowest BCUT2D eigenvalue weighted by molar-refractivity contribution is 0.0696. The Hall–Kier alpha value is -3.20. The third kappa shape index (κ3) is 3.57. The number of nitrogens with zero attached hydrogens (tertiary/aromatic N) is 1. The lowest BCUT2D eigenvalue weighted by atomic mass is 10.0. The highest BCUT2D eigenvalue weighted by Gasteiger charge is 2.30. The molecule has 2 aromatic carbocycles. The number of benzene rings is 2. The van der Waals surface area contributed by atoms with Crippen LogP contribution in [0.1, 0.15) is 21.5 Å². The predicted molar refractivity (Wildman–Crippen MR) is 94.2 cm³/mol.